The first-order valence-corrected chi connectivity index (χ1v) is 5.17. The zero-order chi connectivity index (χ0) is 10.3. The second-order valence-corrected chi connectivity index (χ2v) is 4.12. The van der Waals surface area contributed by atoms with Gasteiger partial charge < -0.3 is 9.84 Å². The van der Waals surface area contributed by atoms with Crippen LogP contribution in [0, 0.1) is 11.3 Å². The molecule has 0 saturated heterocycles. The first kappa shape index (κ1) is 12.3. The van der Waals surface area contributed by atoms with Gasteiger partial charge in [-0.05, 0) is 0 Å². The average molecular weight is 208 g/mol. The number of rotatable bonds is 6. The fraction of sp³-hybridized carbons (Fsp3) is 0.833. The van der Waals surface area contributed by atoms with Crippen molar-refractivity contribution in [2.45, 2.75) is 6.04 Å². The number of sulfonamides is 1. The molecular weight excluding hydrogens is 196 g/mol. The molecule has 0 radical (unpaired) electrons. The van der Waals surface area contributed by atoms with Gasteiger partial charge in [-0.1, -0.05) is 0 Å². The summed E-state index contributed by atoms with van der Waals surface area (Å²) < 4.78 is 28.7. The number of ether oxygens (including phenoxy) is 1. The Hall–Kier alpha value is -0.680. The molecule has 0 bridgehead atoms. The maximum Gasteiger partial charge on any atom is 0.225 e. The summed E-state index contributed by atoms with van der Waals surface area (Å²) in [7, 11) is -2.23. The third-order valence-corrected chi connectivity index (χ3v) is 2.39. The van der Waals surface area contributed by atoms with Crippen LogP contribution >= 0.6 is 0 Å². The van der Waals surface area contributed by atoms with Crippen LogP contribution in [0.4, 0.5) is 0 Å². The topological polar surface area (TPSA) is 99.4 Å². The first-order chi connectivity index (χ1) is 6.05. The lowest BCUT2D eigenvalue weighted by Crippen LogP contribution is -2.41. The van der Waals surface area contributed by atoms with Gasteiger partial charge in [-0.25, -0.2) is 13.1 Å². The predicted octanol–water partition coefficient (Wildman–Crippen LogP) is -1.56. The van der Waals surface area contributed by atoms with Crippen molar-refractivity contribution in [2.75, 3.05) is 26.1 Å². The standard InChI is InChI=1S/C6H12N2O4S/c1-12-5-6(4-9)8-13(10,11)3-2-7/h6,8-9H,3-5H2,1H3. The maximum absolute atomic E-state index is 11.0. The highest BCUT2D eigenvalue weighted by Gasteiger charge is 2.16. The van der Waals surface area contributed by atoms with Gasteiger partial charge in [-0.2, -0.15) is 5.26 Å². The highest BCUT2D eigenvalue weighted by Crippen LogP contribution is 1.89. The lowest BCUT2D eigenvalue weighted by atomic mass is 10.4. The highest BCUT2D eigenvalue weighted by molar-refractivity contribution is 7.89. The van der Waals surface area contributed by atoms with Crippen LogP contribution in [0.5, 0.6) is 0 Å². The molecule has 0 fully saturated rings. The Morgan fingerprint density at radius 3 is 2.69 bits per heavy atom. The summed E-state index contributed by atoms with van der Waals surface area (Å²) >= 11 is 0. The molecule has 1 atom stereocenters. The van der Waals surface area contributed by atoms with Crippen molar-refractivity contribution >= 4 is 10.0 Å². The van der Waals surface area contributed by atoms with Crippen molar-refractivity contribution in [3.8, 4) is 6.07 Å². The molecule has 0 rings (SSSR count). The van der Waals surface area contributed by atoms with Gasteiger partial charge in [0, 0.05) is 7.11 Å². The smallest absolute Gasteiger partial charge is 0.225 e. The van der Waals surface area contributed by atoms with Crippen molar-refractivity contribution in [3.63, 3.8) is 0 Å². The lowest BCUT2D eigenvalue weighted by Gasteiger charge is -2.13. The van der Waals surface area contributed by atoms with Gasteiger partial charge >= 0.3 is 0 Å². The van der Waals surface area contributed by atoms with E-state index >= 15 is 0 Å². The molecular formula is C6H12N2O4S. The van der Waals surface area contributed by atoms with Crippen LogP contribution in [0.15, 0.2) is 0 Å². The summed E-state index contributed by atoms with van der Waals surface area (Å²) in [4.78, 5) is 0. The maximum atomic E-state index is 11.0. The molecule has 0 aromatic carbocycles. The molecule has 6 nitrogen and oxygen atoms in total. The molecule has 0 aliphatic rings. The van der Waals surface area contributed by atoms with Crippen molar-refractivity contribution in [2.24, 2.45) is 0 Å². The molecule has 0 spiro atoms. The summed E-state index contributed by atoms with van der Waals surface area (Å²) in [5.74, 6) is -0.618. The fourth-order valence-corrected chi connectivity index (χ4v) is 1.61. The Bertz CT molecular complexity index is 269. The Kier molecular flexibility index (Phi) is 5.57. The molecule has 0 aliphatic heterocycles. The Balaban J connectivity index is 4.16. The van der Waals surface area contributed by atoms with Crippen LogP contribution in [-0.2, 0) is 14.8 Å². The SMILES string of the molecule is COCC(CO)NS(=O)(=O)CC#N. The third-order valence-electron chi connectivity index (χ3n) is 1.19. The zero-order valence-electron chi connectivity index (χ0n) is 7.23. The molecule has 1 unspecified atom stereocenters. The van der Waals surface area contributed by atoms with Gasteiger partial charge in [0.25, 0.3) is 0 Å². The van der Waals surface area contributed by atoms with Crippen molar-refractivity contribution in [1.82, 2.24) is 4.72 Å². The van der Waals surface area contributed by atoms with E-state index in [1.807, 2.05) is 0 Å². The quantitative estimate of drug-likeness (QED) is 0.549. The Morgan fingerprint density at radius 2 is 2.31 bits per heavy atom. The van der Waals surface area contributed by atoms with Crippen LogP contribution < -0.4 is 4.72 Å². The minimum atomic E-state index is -3.62. The normalized spacial score (nSPS) is 13.6. The third kappa shape index (κ3) is 5.54. The zero-order valence-corrected chi connectivity index (χ0v) is 8.04. The van der Waals surface area contributed by atoms with Crippen LogP contribution in [0.3, 0.4) is 0 Å². The van der Waals surface area contributed by atoms with Crippen LogP contribution in [0.25, 0.3) is 0 Å². The van der Waals surface area contributed by atoms with Crippen molar-refractivity contribution < 1.29 is 18.3 Å². The molecule has 0 aromatic heterocycles. The summed E-state index contributed by atoms with van der Waals surface area (Å²) in [5.41, 5.74) is 0. The fourth-order valence-electron chi connectivity index (χ4n) is 0.706. The van der Waals surface area contributed by atoms with E-state index in [-0.39, 0.29) is 13.2 Å². The largest absolute Gasteiger partial charge is 0.395 e. The number of hydrogen-bond donors (Lipinski definition) is 2. The predicted molar refractivity (Wildman–Crippen MR) is 45.3 cm³/mol. The first-order valence-electron chi connectivity index (χ1n) is 3.52. The molecule has 0 saturated carbocycles. The van der Waals surface area contributed by atoms with E-state index in [0.29, 0.717) is 0 Å². The molecule has 13 heavy (non-hydrogen) atoms. The van der Waals surface area contributed by atoms with Gasteiger partial charge in [0.05, 0.1) is 25.3 Å². The minimum absolute atomic E-state index is 0.0706. The summed E-state index contributed by atoms with van der Waals surface area (Å²) in [5, 5.41) is 16.9. The van der Waals surface area contributed by atoms with E-state index in [1.54, 1.807) is 0 Å². The van der Waals surface area contributed by atoms with Crippen molar-refractivity contribution in [3.05, 3.63) is 0 Å². The van der Waals surface area contributed by atoms with E-state index in [4.69, 9.17) is 10.4 Å². The number of aliphatic hydroxyl groups excluding tert-OH is 1. The lowest BCUT2D eigenvalue weighted by molar-refractivity contribution is 0.139. The van der Waals surface area contributed by atoms with Crippen molar-refractivity contribution in [1.29, 1.82) is 5.26 Å². The number of nitrogens with zero attached hydrogens (tertiary/aromatic N) is 1. The average Bonchev–Trinajstić information content (AvgIpc) is 2.03. The number of nitriles is 1. The second-order valence-electron chi connectivity index (χ2n) is 2.37. The van der Waals surface area contributed by atoms with Gasteiger partial charge in [0.2, 0.25) is 10.0 Å². The van der Waals surface area contributed by atoms with Gasteiger partial charge in [0.1, 0.15) is 0 Å². The van der Waals surface area contributed by atoms with E-state index < -0.39 is 21.8 Å². The Morgan fingerprint density at radius 1 is 1.69 bits per heavy atom. The molecule has 76 valence electrons. The monoisotopic (exact) mass is 208 g/mol. The number of nitrogens with one attached hydrogen (secondary N) is 1. The van der Waals surface area contributed by atoms with Crippen LogP contribution in [-0.4, -0.2) is 45.6 Å². The van der Waals surface area contributed by atoms with E-state index in [0.717, 1.165) is 0 Å². The number of aliphatic hydroxyl groups is 1. The van der Waals surface area contributed by atoms with Crippen LogP contribution in [0.2, 0.25) is 0 Å². The highest BCUT2D eigenvalue weighted by atomic mass is 32.2. The summed E-state index contributed by atoms with van der Waals surface area (Å²) in [6, 6.07) is 0.815. The molecule has 2 N–H and O–H groups in total. The minimum Gasteiger partial charge on any atom is -0.395 e. The molecule has 0 amide bonds. The van der Waals surface area contributed by atoms with E-state index in [2.05, 4.69) is 9.46 Å². The van der Waals surface area contributed by atoms with Gasteiger partial charge in [0.15, 0.2) is 5.75 Å². The van der Waals surface area contributed by atoms with E-state index in [9.17, 15) is 8.42 Å². The van der Waals surface area contributed by atoms with E-state index in [1.165, 1.54) is 13.2 Å². The van der Waals surface area contributed by atoms with Gasteiger partial charge in [-0.15, -0.1) is 0 Å². The summed E-state index contributed by atoms with van der Waals surface area (Å²) in [6.07, 6.45) is 0. The number of methoxy groups -OCH3 is 1. The van der Waals surface area contributed by atoms with Crippen LogP contribution in [0.1, 0.15) is 0 Å². The molecule has 0 aliphatic carbocycles. The molecule has 0 heterocycles. The molecule has 7 heteroatoms. The van der Waals surface area contributed by atoms with Gasteiger partial charge in [-0.3, -0.25) is 0 Å². The summed E-state index contributed by atoms with van der Waals surface area (Å²) in [6.45, 7) is -0.292. The second kappa shape index (κ2) is 5.88. The number of hydrogen-bond acceptors (Lipinski definition) is 5. The Labute approximate surface area is 77.2 Å². The molecule has 0 aromatic rings.